The highest BCUT2D eigenvalue weighted by molar-refractivity contribution is 6.31. The molecule has 1 heterocycles. The molecule has 0 atom stereocenters. The predicted octanol–water partition coefficient (Wildman–Crippen LogP) is 1.35. The van der Waals surface area contributed by atoms with Crippen molar-refractivity contribution in [2.24, 2.45) is 5.84 Å². The van der Waals surface area contributed by atoms with Gasteiger partial charge >= 0.3 is 0 Å². The van der Waals surface area contributed by atoms with E-state index in [1.807, 2.05) is 0 Å². The van der Waals surface area contributed by atoms with Gasteiger partial charge in [0.05, 0.1) is 6.20 Å². The maximum atomic E-state index is 5.86. The molecule has 14 heavy (non-hydrogen) atoms. The molecule has 0 unspecified atom stereocenters. The predicted molar refractivity (Wildman–Crippen MR) is 53.1 cm³/mol. The molecule has 3 N–H and O–H groups in total. The largest absolute Gasteiger partial charge is 0.473 e. The number of rotatable bonds is 3. The lowest BCUT2D eigenvalue weighted by atomic mass is 9.96. The van der Waals surface area contributed by atoms with Crippen LogP contribution < -0.4 is 16.0 Å². The van der Waals surface area contributed by atoms with Gasteiger partial charge in [0.25, 0.3) is 0 Å². The molecule has 0 spiro atoms. The molecule has 1 fully saturated rings. The molecule has 0 amide bonds. The van der Waals surface area contributed by atoms with Crippen molar-refractivity contribution in [3.63, 3.8) is 0 Å². The van der Waals surface area contributed by atoms with E-state index in [4.69, 9.17) is 22.2 Å². The fraction of sp³-hybridized carbons (Fsp3) is 0.500. The van der Waals surface area contributed by atoms with E-state index >= 15 is 0 Å². The number of nitrogens with one attached hydrogen (secondary N) is 1. The van der Waals surface area contributed by atoms with E-state index in [1.54, 1.807) is 0 Å². The molecule has 5 nitrogen and oxygen atoms in total. The van der Waals surface area contributed by atoms with E-state index in [0.29, 0.717) is 16.9 Å². The molecule has 1 saturated carbocycles. The molecule has 1 aromatic heterocycles. The van der Waals surface area contributed by atoms with E-state index in [2.05, 4.69) is 15.4 Å². The quantitative estimate of drug-likeness (QED) is 0.587. The molecule has 6 heteroatoms. The van der Waals surface area contributed by atoms with Crippen molar-refractivity contribution in [2.75, 3.05) is 5.43 Å². The number of nitrogens with zero attached hydrogens (tertiary/aromatic N) is 2. The van der Waals surface area contributed by atoms with E-state index in [-0.39, 0.29) is 6.10 Å². The fourth-order valence-corrected chi connectivity index (χ4v) is 1.29. The molecule has 1 aliphatic carbocycles. The second-order valence-corrected chi connectivity index (χ2v) is 3.57. The number of nitrogens with two attached hydrogens (primary N) is 1. The first-order chi connectivity index (χ1) is 6.79. The van der Waals surface area contributed by atoms with Gasteiger partial charge in [-0.15, -0.1) is 0 Å². The first kappa shape index (κ1) is 9.48. The fourth-order valence-electron chi connectivity index (χ4n) is 1.15. The number of ether oxygens (including phenoxy) is 1. The van der Waals surface area contributed by atoms with Crippen LogP contribution >= 0.6 is 11.6 Å². The van der Waals surface area contributed by atoms with Crippen LogP contribution in [0.1, 0.15) is 19.3 Å². The van der Waals surface area contributed by atoms with Crippen molar-refractivity contribution in [1.29, 1.82) is 0 Å². The van der Waals surface area contributed by atoms with Crippen LogP contribution in [-0.2, 0) is 0 Å². The van der Waals surface area contributed by atoms with Gasteiger partial charge in [-0.1, -0.05) is 11.6 Å². The molecule has 76 valence electrons. The van der Waals surface area contributed by atoms with Crippen molar-refractivity contribution in [2.45, 2.75) is 25.4 Å². The second kappa shape index (κ2) is 3.98. The molecule has 1 aliphatic rings. The molecule has 2 rings (SSSR count). The van der Waals surface area contributed by atoms with Crippen molar-refractivity contribution in [1.82, 2.24) is 9.97 Å². The smallest absolute Gasteiger partial charge is 0.240 e. The van der Waals surface area contributed by atoms with Gasteiger partial charge in [0, 0.05) is 0 Å². The summed E-state index contributed by atoms with van der Waals surface area (Å²) in [5.74, 6) is 5.88. The molecule has 0 aromatic carbocycles. The lowest BCUT2D eigenvalue weighted by Crippen LogP contribution is -2.25. The molecule has 0 radical (unpaired) electrons. The third-order valence-electron chi connectivity index (χ3n) is 2.17. The van der Waals surface area contributed by atoms with Crippen molar-refractivity contribution < 1.29 is 4.74 Å². The van der Waals surface area contributed by atoms with Crippen molar-refractivity contribution in [3.8, 4) is 5.88 Å². The van der Waals surface area contributed by atoms with Gasteiger partial charge in [-0.2, -0.15) is 4.98 Å². The molecular weight excluding hydrogens is 204 g/mol. The Balaban J connectivity index is 2.13. The average molecular weight is 215 g/mol. The van der Waals surface area contributed by atoms with Crippen LogP contribution in [0.15, 0.2) is 6.20 Å². The van der Waals surface area contributed by atoms with Crippen LogP contribution in [0.25, 0.3) is 0 Å². The summed E-state index contributed by atoms with van der Waals surface area (Å²) in [5, 5.41) is 0.413. The summed E-state index contributed by atoms with van der Waals surface area (Å²) < 4.78 is 5.54. The number of aromatic nitrogens is 2. The van der Waals surface area contributed by atoms with Gasteiger partial charge in [0.2, 0.25) is 11.8 Å². The van der Waals surface area contributed by atoms with E-state index in [1.165, 1.54) is 12.6 Å². The van der Waals surface area contributed by atoms with Crippen LogP contribution in [-0.4, -0.2) is 16.1 Å². The average Bonchev–Trinajstić information content (AvgIpc) is 2.14. The Morgan fingerprint density at radius 3 is 2.93 bits per heavy atom. The number of hydrogen-bond acceptors (Lipinski definition) is 5. The zero-order valence-electron chi connectivity index (χ0n) is 7.53. The highest BCUT2D eigenvalue weighted by Crippen LogP contribution is 2.28. The van der Waals surface area contributed by atoms with E-state index in [9.17, 15) is 0 Å². The Morgan fingerprint density at radius 2 is 2.36 bits per heavy atom. The first-order valence-corrected chi connectivity index (χ1v) is 4.83. The standard InChI is InChI=1S/C8H11ClN4O/c9-6-4-11-8(13-10)12-7(6)14-5-2-1-3-5/h4-5H,1-3,10H2,(H,11,12,13). The third kappa shape index (κ3) is 1.88. The van der Waals surface area contributed by atoms with Crippen LogP contribution in [0.3, 0.4) is 0 Å². The molecule has 0 bridgehead atoms. The van der Waals surface area contributed by atoms with E-state index in [0.717, 1.165) is 12.8 Å². The Labute approximate surface area is 86.6 Å². The zero-order chi connectivity index (χ0) is 9.97. The van der Waals surface area contributed by atoms with Gasteiger partial charge in [-0.05, 0) is 19.3 Å². The van der Waals surface area contributed by atoms with Gasteiger partial charge in [0.1, 0.15) is 11.1 Å². The first-order valence-electron chi connectivity index (χ1n) is 4.45. The van der Waals surface area contributed by atoms with Gasteiger partial charge in [-0.25, -0.2) is 10.8 Å². The lowest BCUT2D eigenvalue weighted by molar-refractivity contribution is 0.115. The SMILES string of the molecule is NNc1ncc(Cl)c(OC2CCC2)n1. The van der Waals surface area contributed by atoms with Crippen LogP contribution in [0.5, 0.6) is 5.88 Å². The Bertz CT molecular complexity index is 329. The molecule has 0 saturated heterocycles. The Hall–Kier alpha value is -1.07. The second-order valence-electron chi connectivity index (χ2n) is 3.16. The molecule has 0 aliphatic heterocycles. The zero-order valence-corrected chi connectivity index (χ0v) is 8.29. The van der Waals surface area contributed by atoms with Crippen molar-refractivity contribution in [3.05, 3.63) is 11.2 Å². The highest BCUT2D eigenvalue weighted by Gasteiger charge is 2.21. The maximum Gasteiger partial charge on any atom is 0.240 e. The summed E-state index contributed by atoms with van der Waals surface area (Å²) >= 11 is 5.86. The number of halogens is 1. The Morgan fingerprint density at radius 1 is 1.57 bits per heavy atom. The number of anilines is 1. The van der Waals surface area contributed by atoms with E-state index < -0.39 is 0 Å². The monoisotopic (exact) mass is 214 g/mol. The van der Waals surface area contributed by atoms with Crippen LogP contribution in [0, 0.1) is 0 Å². The minimum absolute atomic E-state index is 0.244. The van der Waals surface area contributed by atoms with Crippen molar-refractivity contribution >= 4 is 17.5 Å². The molecular formula is C8H11ClN4O. The minimum Gasteiger partial charge on any atom is -0.473 e. The van der Waals surface area contributed by atoms with Crippen LogP contribution in [0.2, 0.25) is 5.02 Å². The van der Waals surface area contributed by atoms with Crippen LogP contribution in [0.4, 0.5) is 5.95 Å². The topological polar surface area (TPSA) is 73.1 Å². The normalized spacial score (nSPS) is 16.1. The summed E-state index contributed by atoms with van der Waals surface area (Å²) in [7, 11) is 0. The van der Waals surface area contributed by atoms with Gasteiger partial charge < -0.3 is 4.74 Å². The third-order valence-corrected chi connectivity index (χ3v) is 2.43. The van der Waals surface area contributed by atoms with Gasteiger partial charge in [0.15, 0.2) is 0 Å². The number of hydrogen-bond donors (Lipinski definition) is 2. The minimum atomic E-state index is 0.244. The number of hydrazine groups is 1. The Kier molecular flexibility index (Phi) is 2.69. The molecule has 1 aromatic rings. The summed E-state index contributed by atoms with van der Waals surface area (Å²) in [6.07, 6.45) is 5.04. The summed E-state index contributed by atoms with van der Waals surface area (Å²) in [4.78, 5) is 7.86. The maximum absolute atomic E-state index is 5.86. The van der Waals surface area contributed by atoms with Gasteiger partial charge in [-0.3, -0.25) is 5.43 Å². The summed E-state index contributed by atoms with van der Waals surface area (Å²) in [6, 6.07) is 0. The lowest BCUT2D eigenvalue weighted by Gasteiger charge is -2.25. The summed E-state index contributed by atoms with van der Waals surface area (Å²) in [5.41, 5.74) is 2.34. The summed E-state index contributed by atoms with van der Waals surface area (Å²) in [6.45, 7) is 0. The number of nitrogen functional groups attached to an aromatic ring is 1. The highest BCUT2D eigenvalue weighted by atomic mass is 35.5.